The van der Waals surface area contributed by atoms with Crippen LogP contribution in [0.25, 0.3) is 33.9 Å². The summed E-state index contributed by atoms with van der Waals surface area (Å²) in [5.74, 6) is -4.22. The summed E-state index contributed by atoms with van der Waals surface area (Å²) in [4.78, 5) is 34.7. The Morgan fingerprint density at radius 2 is 1.56 bits per heavy atom. The lowest BCUT2D eigenvalue weighted by molar-refractivity contribution is -0.193. The van der Waals surface area contributed by atoms with Crippen molar-refractivity contribution in [2.75, 3.05) is 5.32 Å². The number of aromatic amines is 1. The highest BCUT2D eigenvalue weighted by molar-refractivity contribution is 5.95. The number of nitrogens with one attached hydrogen (secondary N) is 2. The first-order valence-corrected chi connectivity index (χ1v) is 11.4. The molecule has 17 heteroatoms. The number of hydrogen-bond acceptors (Lipinski definition) is 8. The van der Waals surface area contributed by atoms with Crippen LogP contribution in [0.1, 0.15) is 11.1 Å². The van der Waals surface area contributed by atoms with Gasteiger partial charge in [0.1, 0.15) is 17.3 Å². The molecule has 0 atom stereocenters. The summed E-state index contributed by atoms with van der Waals surface area (Å²) >= 11 is 0. The SMILES string of the molecule is N#CCc1ccc(-c2nc3c([nH]2)-c2ccncc2Nc2ncccc2-3)c(C#N)c1.O=C(O)C(F)(F)F.O=C(O)C(F)(F)F. The Kier molecular flexibility index (Phi) is 9.31. The zero-order valence-electron chi connectivity index (χ0n) is 21.1. The minimum atomic E-state index is -5.08. The van der Waals surface area contributed by atoms with Crippen LogP contribution in [0.4, 0.5) is 37.8 Å². The van der Waals surface area contributed by atoms with Gasteiger partial charge in [-0.3, -0.25) is 4.98 Å². The van der Waals surface area contributed by atoms with E-state index in [1.165, 1.54) is 0 Å². The maximum atomic E-state index is 10.6. The largest absolute Gasteiger partial charge is 0.490 e. The first-order chi connectivity index (χ1) is 20.2. The molecule has 4 aromatic rings. The minimum absolute atomic E-state index is 0.259. The summed E-state index contributed by atoms with van der Waals surface area (Å²) in [6.45, 7) is 0. The summed E-state index contributed by atoms with van der Waals surface area (Å²) in [5, 5.41) is 36.1. The van der Waals surface area contributed by atoms with E-state index in [2.05, 4.69) is 32.4 Å². The molecular weight excluding hydrogens is 588 g/mol. The number of carbonyl (C=O) groups is 2. The number of hydrogen-bond donors (Lipinski definition) is 4. The van der Waals surface area contributed by atoms with E-state index in [-0.39, 0.29) is 6.42 Å². The Hall–Kier alpha value is -5.97. The summed E-state index contributed by atoms with van der Waals surface area (Å²) < 4.78 is 63.5. The first kappa shape index (κ1) is 31.6. The van der Waals surface area contributed by atoms with E-state index in [4.69, 9.17) is 30.0 Å². The molecule has 0 spiro atoms. The number of carboxylic acids is 2. The van der Waals surface area contributed by atoms with Gasteiger partial charge in [0, 0.05) is 29.1 Å². The van der Waals surface area contributed by atoms with Crippen molar-refractivity contribution in [3.05, 3.63) is 66.1 Å². The van der Waals surface area contributed by atoms with Gasteiger partial charge in [0.2, 0.25) is 0 Å². The van der Waals surface area contributed by atoms with Crippen LogP contribution in [-0.2, 0) is 16.0 Å². The molecule has 0 saturated carbocycles. The Morgan fingerprint density at radius 1 is 0.907 bits per heavy atom. The van der Waals surface area contributed by atoms with E-state index < -0.39 is 24.3 Å². The maximum Gasteiger partial charge on any atom is 0.490 e. The predicted octanol–water partition coefficient (Wildman–Crippen LogP) is 5.46. The highest BCUT2D eigenvalue weighted by Gasteiger charge is 2.38. The third-order valence-electron chi connectivity index (χ3n) is 5.34. The lowest BCUT2D eigenvalue weighted by atomic mass is 10.0. The Morgan fingerprint density at radius 3 is 2.14 bits per heavy atom. The molecular formula is C26H15F6N7O4. The fraction of sp³-hybridized carbons (Fsp3) is 0.115. The molecule has 3 aromatic heterocycles. The van der Waals surface area contributed by atoms with E-state index in [1.807, 2.05) is 30.3 Å². The number of H-pyrrole nitrogens is 1. The van der Waals surface area contributed by atoms with Crippen LogP contribution in [0.2, 0.25) is 0 Å². The molecule has 0 unspecified atom stereocenters. The Labute approximate surface area is 236 Å². The van der Waals surface area contributed by atoms with Crippen molar-refractivity contribution < 1.29 is 46.1 Å². The third-order valence-corrected chi connectivity index (χ3v) is 5.34. The average molecular weight is 603 g/mol. The zero-order valence-corrected chi connectivity index (χ0v) is 21.1. The quantitative estimate of drug-likeness (QED) is 0.189. The first-order valence-electron chi connectivity index (χ1n) is 11.4. The van der Waals surface area contributed by atoms with Crippen molar-refractivity contribution in [3.63, 3.8) is 0 Å². The van der Waals surface area contributed by atoms with Crippen molar-refractivity contribution in [1.29, 1.82) is 10.5 Å². The van der Waals surface area contributed by atoms with Gasteiger partial charge in [0.25, 0.3) is 0 Å². The summed E-state index contributed by atoms with van der Waals surface area (Å²) in [6, 6.07) is 15.5. The van der Waals surface area contributed by atoms with Crippen LogP contribution in [0.3, 0.4) is 0 Å². The third kappa shape index (κ3) is 7.61. The lowest BCUT2D eigenvalue weighted by Gasteiger charge is -2.08. The van der Waals surface area contributed by atoms with E-state index in [0.717, 1.165) is 33.8 Å². The van der Waals surface area contributed by atoms with E-state index >= 15 is 0 Å². The van der Waals surface area contributed by atoms with Crippen LogP contribution in [-0.4, -0.2) is 54.4 Å². The van der Waals surface area contributed by atoms with Crippen LogP contribution in [0, 0.1) is 22.7 Å². The van der Waals surface area contributed by atoms with Gasteiger partial charge >= 0.3 is 24.3 Å². The van der Waals surface area contributed by atoms with E-state index in [0.29, 0.717) is 22.8 Å². The fourth-order valence-electron chi connectivity index (χ4n) is 3.52. The second-order valence-electron chi connectivity index (χ2n) is 8.19. The highest BCUT2D eigenvalue weighted by atomic mass is 19.4. The number of nitrogens with zero attached hydrogens (tertiary/aromatic N) is 5. The molecule has 0 fully saturated rings. The standard InChI is InChI=1S/C22H13N7.2C2HF3O2/c23-7-5-13-3-4-15(14(10-13)11-24)22-28-19-16-6-9-25-12-18(16)27-21-17(20(19)29-22)2-1-8-26-21;2*3-2(4,5)1(6)7/h1-4,6,8-10,12H,5H2,(H,26,27)(H,28,29);2*(H,6,7). The minimum Gasteiger partial charge on any atom is -0.475 e. The molecule has 0 saturated heterocycles. The smallest absolute Gasteiger partial charge is 0.475 e. The number of pyridine rings is 2. The average Bonchev–Trinajstić information content (AvgIpc) is 3.33. The van der Waals surface area contributed by atoms with Crippen molar-refractivity contribution in [1.82, 2.24) is 19.9 Å². The number of carboxylic acid groups (broad SMARTS) is 2. The van der Waals surface area contributed by atoms with Gasteiger partial charge in [-0.05, 0) is 35.9 Å². The van der Waals surface area contributed by atoms with Crippen molar-refractivity contribution in [2.45, 2.75) is 18.8 Å². The number of rotatable bonds is 2. The lowest BCUT2D eigenvalue weighted by Crippen LogP contribution is -2.21. The number of aromatic nitrogens is 4. The van der Waals surface area contributed by atoms with Gasteiger partial charge in [-0.15, -0.1) is 0 Å². The van der Waals surface area contributed by atoms with Gasteiger partial charge in [-0.1, -0.05) is 6.07 Å². The van der Waals surface area contributed by atoms with E-state index in [1.54, 1.807) is 24.7 Å². The monoisotopic (exact) mass is 603 g/mol. The number of benzene rings is 1. The number of halogens is 6. The number of nitriles is 2. The molecule has 1 aliphatic heterocycles. The second kappa shape index (κ2) is 12.7. The van der Waals surface area contributed by atoms with Crippen molar-refractivity contribution in [2.24, 2.45) is 0 Å². The normalized spacial score (nSPS) is 11.2. The van der Waals surface area contributed by atoms with Gasteiger partial charge < -0.3 is 20.5 Å². The van der Waals surface area contributed by atoms with Gasteiger partial charge in [-0.25, -0.2) is 19.6 Å². The highest BCUT2D eigenvalue weighted by Crippen LogP contribution is 2.43. The summed E-state index contributed by atoms with van der Waals surface area (Å²) in [6.07, 6.45) is -4.71. The number of fused-ring (bicyclic) bond motifs is 5. The number of imidazole rings is 1. The number of anilines is 2. The molecule has 4 N–H and O–H groups in total. The van der Waals surface area contributed by atoms with E-state index in [9.17, 15) is 31.6 Å². The van der Waals surface area contributed by atoms with Crippen LogP contribution < -0.4 is 5.32 Å². The van der Waals surface area contributed by atoms with Crippen LogP contribution in [0.15, 0.2) is 55.0 Å². The molecule has 0 bridgehead atoms. The Balaban J connectivity index is 0.000000303. The molecule has 220 valence electrons. The number of alkyl halides is 6. The predicted molar refractivity (Wildman–Crippen MR) is 135 cm³/mol. The van der Waals surface area contributed by atoms with Gasteiger partial charge in [0.05, 0.1) is 41.7 Å². The molecule has 4 heterocycles. The molecule has 1 aliphatic rings. The number of aliphatic carboxylic acids is 2. The molecule has 43 heavy (non-hydrogen) atoms. The molecule has 0 radical (unpaired) electrons. The van der Waals surface area contributed by atoms with Crippen LogP contribution in [0.5, 0.6) is 0 Å². The second-order valence-corrected chi connectivity index (χ2v) is 8.19. The van der Waals surface area contributed by atoms with Gasteiger partial charge in [-0.2, -0.15) is 36.9 Å². The maximum absolute atomic E-state index is 10.6. The summed E-state index contributed by atoms with van der Waals surface area (Å²) in [5.41, 5.74) is 6.17. The van der Waals surface area contributed by atoms with Gasteiger partial charge in [0.15, 0.2) is 0 Å². The van der Waals surface area contributed by atoms with Crippen molar-refractivity contribution in [3.8, 4) is 46.0 Å². The van der Waals surface area contributed by atoms with Crippen molar-refractivity contribution >= 4 is 23.4 Å². The van der Waals surface area contributed by atoms with Crippen LogP contribution >= 0.6 is 0 Å². The Bertz CT molecular complexity index is 1670. The summed E-state index contributed by atoms with van der Waals surface area (Å²) in [7, 11) is 0. The molecule has 5 rings (SSSR count). The molecule has 1 aromatic carbocycles. The topological polar surface area (TPSA) is 189 Å². The molecule has 0 amide bonds. The zero-order chi connectivity index (χ0) is 31.9. The fourth-order valence-corrected chi connectivity index (χ4v) is 3.52. The molecule has 11 nitrogen and oxygen atoms in total. The molecule has 0 aliphatic carbocycles.